The van der Waals surface area contributed by atoms with Crippen LogP contribution in [0.2, 0.25) is 10.0 Å². The van der Waals surface area contributed by atoms with Crippen LogP contribution in [0.25, 0.3) is 0 Å². The lowest BCUT2D eigenvalue weighted by atomic mass is 9.70. The van der Waals surface area contributed by atoms with Crippen molar-refractivity contribution in [3.05, 3.63) is 75.8 Å². The average molecular weight is 597 g/mol. The van der Waals surface area contributed by atoms with Crippen molar-refractivity contribution in [3.63, 3.8) is 0 Å². The van der Waals surface area contributed by atoms with Gasteiger partial charge in [0.05, 0.1) is 27.5 Å². The van der Waals surface area contributed by atoms with Crippen LogP contribution in [0.15, 0.2) is 54.6 Å². The molecule has 7 nitrogen and oxygen atoms in total. The summed E-state index contributed by atoms with van der Waals surface area (Å²) in [6, 6.07) is 12.2. The molecule has 2 aromatic carbocycles. The van der Waals surface area contributed by atoms with Gasteiger partial charge in [0.15, 0.2) is 0 Å². The van der Waals surface area contributed by atoms with Gasteiger partial charge >= 0.3 is 0 Å². The highest BCUT2D eigenvalue weighted by Crippen LogP contribution is 2.59. The van der Waals surface area contributed by atoms with Gasteiger partial charge in [0.2, 0.25) is 17.7 Å². The highest BCUT2D eigenvalue weighted by molar-refractivity contribution is 6.42. The number of aryl methyl sites for hydroxylation is 1. The zero-order valence-corrected chi connectivity index (χ0v) is 24.8. The van der Waals surface area contributed by atoms with Gasteiger partial charge in [-0.2, -0.15) is 0 Å². The van der Waals surface area contributed by atoms with Gasteiger partial charge in [0.25, 0.3) is 0 Å². The number of amides is 3. The molecular formula is C32H35Cl2N3O4. The standard InChI is InChI=1S/C32H35Cl2N3O4/c1-19-8-10-20(11-9-19)14-17-37-27(29(39)35-21-6-4-3-5-7-21)32-16-15-31(2,41-32)25(26(32)30(37)40)28(38)36-22-12-13-23(33)24(34)18-22/h8-13,15-16,18,21,25-27H,3-7,14,17H2,1-2H3,(H,35,39)(H,36,38)/t25-,26-,27+,31-,32-/m0/s1. The van der Waals surface area contributed by atoms with Crippen LogP contribution in [-0.4, -0.2) is 52.5 Å². The fraction of sp³-hybridized carbons (Fsp3) is 0.469. The molecule has 9 heteroatoms. The van der Waals surface area contributed by atoms with Gasteiger partial charge in [-0.25, -0.2) is 0 Å². The maximum atomic E-state index is 14.3. The largest absolute Gasteiger partial charge is 0.356 e. The average Bonchev–Trinajstić information content (AvgIpc) is 3.51. The predicted molar refractivity (Wildman–Crippen MR) is 159 cm³/mol. The van der Waals surface area contributed by atoms with Crippen LogP contribution in [0, 0.1) is 18.8 Å². The normalized spacial score (nSPS) is 30.5. The van der Waals surface area contributed by atoms with Gasteiger partial charge in [0, 0.05) is 18.3 Å². The van der Waals surface area contributed by atoms with E-state index in [1.54, 1.807) is 23.1 Å². The Kier molecular flexibility index (Phi) is 7.41. The maximum absolute atomic E-state index is 14.3. The SMILES string of the molecule is Cc1ccc(CCN2C(=O)[C@@H]3[C@@H](C(=O)Nc4ccc(Cl)c(Cl)c4)[C@]4(C)C=C[C@@]3(O4)[C@H]2C(=O)NC2CCCCC2)cc1. The third kappa shape index (κ3) is 4.96. The first-order valence-electron chi connectivity index (χ1n) is 14.4. The molecule has 41 heavy (non-hydrogen) atoms. The molecule has 3 fully saturated rings. The fourth-order valence-electron chi connectivity index (χ4n) is 7.20. The van der Waals surface area contributed by atoms with Gasteiger partial charge in [-0.05, 0) is 56.9 Å². The van der Waals surface area contributed by atoms with E-state index in [2.05, 4.69) is 10.6 Å². The van der Waals surface area contributed by atoms with E-state index in [4.69, 9.17) is 27.9 Å². The van der Waals surface area contributed by atoms with E-state index < -0.39 is 29.1 Å². The van der Waals surface area contributed by atoms with E-state index in [0.717, 1.165) is 36.8 Å². The van der Waals surface area contributed by atoms with Crippen molar-refractivity contribution in [1.82, 2.24) is 10.2 Å². The lowest BCUT2D eigenvalue weighted by Crippen LogP contribution is -2.57. The molecule has 1 saturated carbocycles. The van der Waals surface area contributed by atoms with Crippen LogP contribution in [0.4, 0.5) is 5.69 Å². The number of nitrogens with zero attached hydrogens (tertiary/aromatic N) is 1. The van der Waals surface area contributed by atoms with Crippen molar-refractivity contribution >= 4 is 46.6 Å². The van der Waals surface area contributed by atoms with Crippen molar-refractivity contribution < 1.29 is 19.1 Å². The Morgan fingerprint density at radius 1 is 1.00 bits per heavy atom. The molecule has 1 aliphatic carbocycles. The van der Waals surface area contributed by atoms with Crippen LogP contribution in [-0.2, 0) is 25.5 Å². The van der Waals surface area contributed by atoms with E-state index in [-0.39, 0.29) is 23.8 Å². The molecule has 1 spiro atoms. The zero-order chi connectivity index (χ0) is 28.9. The summed E-state index contributed by atoms with van der Waals surface area (Å²) in [7, 11) is 0. The quantitative estimate of drug-likeness (QED) is 0.415. The summed E-state index contributed by atoms with van der Waals surface area (Å²) in [5.74, 6) is -2.47. The second-order valence-corrected chi connectivity index (χ2v) is 12.9. The molecule has 216 valence electrons. The maximum Gasteiger partial charge on any atom is 0.246 e. The molecular weight excluding hydrogens is 561 g/mol. The molecule has 2 N–H and O–H groups in total. The topological polar surface area (TPSA) is 87.7 Å². The number of halogens is 2. The minimum Gasteiger partial charge on any atom is -0.356 e. The molecule has 5 atom stereocenters. The van der Waals surface area contributed by atoms with E-state index in [1.165, 1.54) is 6.42 Å². The Hall–Kier alpha value is -2.87. The van der Waals surface area contributed by atoms with E-state index in [1.807, 2.05) is 50.3 Å². The summed E-state index contributed by atoms with van der Waals surface area (Å²) in [5.41, 5.74) is 0.446. The van der Waals surface area contributed by atoms with Crippen molar-refractivity contribution in [2.45, 2.75) is 75.7 Å². The molecule has 3 heterocycles. The number of ether oxygens (including phenoxy) is 1. The lowest BCUT2D eigenvalue weighted by molar-refractivity contribution is -0.144. The number of nitrogens with one attached hydrogen (secondary N) is 2. The van der Waals surface area contributed by atoms with E-state index in [0.29, 0.717) is 28.7 Å². The minimum atomic E-state index is -1.22. The Labute approximate surface area is 250 Å². The number of hydrogen-bond donors (Lipinski definition) is 2. The van der Waals surface area contributed by atoms with Crippen molar-refractivity contribution in [3.8, 4) is 0 Å². The fourth-order valence-corrected chi connectivity index (χ4v) is 7.49. The van der Waals surface area contributed by atoms with Crippen LogP contribution in [0.5, 0.6) is 0 Å². The number of hydrogen-bond acceptors (Lipinski definition) is 4. The number of fused-ring (bicyclic) bond motifs is 1. The summed E-state index contributed by atoms with van der Waals surface area (Å²) < 4.78 is 6.63. The predicted octanol–water partition coefficient (Wildman–Crippen LogP) is 5.47. The molecule has 2 saturated heterocycles. The number of anilines is 1. The molecule has 2 bridgehead atoms. The van der Waals surface area contributed by atoms with Gasteiger partial charge in [0.1, 0.15) is 11.6 Å². The lowest BCUT2D eigenvalue weighted by Gasteiger charge is -2.34. The summed E-state index contributed by atoms with van der Waals surface area (Å²) in [6.07, 6.45) is 9.46. The molecule has 2 aromatic rings. The van der Waals surface area contributed by atoms with Crippen LogP contribution in [0.1, 0.15) is 50.2 Å². The second-order valence-electron chi connectivity index (χ2n) is 12.1. The van der Waals surface area contributed by atoms with Crippen LogP contribution < -0.4 is 10.6 Å². The molecule has 0 unspecified atom stereocenters. The molecule has 3 amide bonds. The Balaban J connectivity index is 1.32. The molecule has 3 aliphatic heterocycles. The highest BCUT2D eigenvalue weighted by Gasteiger charge is 2.76. The van der Waals surface area contributed by atoms with E-state index in [9.17, 15) is 14.4 Å². The van der Waals surface area contributed by atoms with Gasteiger partial charge in [-0.1, -0.05) is 84.4 Å². The summed E-state index contributed by atoms with van der Waals surface area (Å²) >= 11 is 12.2. The number of rotatable bonds is 7. The monoisotopic (exact) mass is 595 g/mol. The van der Waals surface area contributed by atoms with Crippen molar-refractivity contribution in [1.29, 1.82) is 0 Å². The van der Waals surface area contributed by atoms with Crippen molar-refractivity contribution in [2.75, 3.05) is 11.9 Å². The second kappa shape index (κ2) is 10.8. The first-order valence-corrected chi connectivity index (χ1v) is 15.2. The zero-order valence-electron chi connectivity index (χ0n) is 23.3. The van der Waals surface area contributed by atoms with Crippen LogP contribution >= 0.6 is 23.2 Å². The smallest absolute Gasteiger partial charge is 0.246 e. The van der Waals surface area contributed by atoms with Crippen molar-refractivity contribution in [2.24, 2.45) is 11.8 Å². The van der Waals surface area contributed by atoms with Gasteiger partial charge < -0.3 is 20.3 Å². The summed E-state index contributed by atoms with van der Waals surface area (Å²) in [5, 5.41) is 6.85. The molecule has 0 aromatic heterocycles. The number of benzene rings is 2. The highest BCUT2D eigenvalue weighted by atomic mass is 35.5. The first-order chi connectivity index (χ1) is 19.6. The number of carbonyl (C=O) groups excluding carboxylic acids is 3. The number of carbonyl (C=O) groups is 3. The number of likely N-dealkylation sites (tertiary alicyclic amines) is 1. The minimum absolute atomic E-state index is 0.0765. The van der Waals surface area contributed by atoms with Gasteiger partial charge in [-0.3, -0.25) is 14.4 Å². The third-order valence-electron chi connectivity index (χ3n) is 9.23. The molecule has 6 rings (SSSR count). The third-order valence-corrected chi connectivity index (χ3v) is 9.97. The molecule has 0 radical (unpaired) electrons. The molecule has 4 aliphatic rings. The summed E-state index contributed by atoms with van der Waals surface area (Å²) in [6.45, 7) is 4.19. The summed E-state index contributed by atoms with van der Waals surface area (Å²) in [4.78, 5) is 43.8. The first kappa shape index (κ1) is 28.3. The van der Waals surface area contributed by atoms with Crippen LogP contribution in [0.3, 0.4) is 0 Å². The Morgan fingerprint density at radius 2 is 1.73 bits per heavy atom. The van der Waals surface area contributed by atoms with E-state index >= 15 is 0 Å². The Morgan fingerprint density at radius 3 is 2.44 bits per heavy atom. The Bertz CT molecular complexity index is 1410. The van der Waals surface area contributed by atoms with Gasteiger partial charge in [-0.15, -0.1) is 0 Å².